The Morgan fingerprint density at radius 1 is 1.09 bits per heavy atom. The molecule has 23 heavy (non-hydrogen) atoms. The molecule has 1 rings (SSSR count). The van der Waals surface area contributed by atoms with Gasteiger partial charge in [0.25, 0.3) is 5.91 Å². The van der Waals surface area contributed by atoms with Crippen LogP contribution in [0.5, 0.6) is 5.75 Å². The van der Waals surface area contributed by atoms with E-state index in [2.05, 4.69) is 19.2 Å². The number of amides is 1. The van der Waals surface area contributed by atoms with Gasteiger partial charge in [-0.25, -0.2) is 4.79 Å². The van der Waals surface area contributed by atoms with Crippen molar-refractivity contribution >= 4 is 11.9 Å². The van der Waals surface area contributed by atoms with Crippen molar-refractivity contribution in [1.29, 1.82) is 0 Å². The van der Waals surface area contributed by atoms with Gasteiger partial charge >= 0.3 is 5.97 Å². The van der Waals surface area contributed by atoms with Gasteiger partial charge in [-0.2, -0.15) is 0 Å². The highest BCUT2D eigenvalue weighted by molar-refractivity contribution is 5.84. The Bertz CT molecular complexity index is 529. The number of nitrogens with one attached hydrogen (secondary N) is 1. The number of esters is 1. The SMILES string of the molecule is CC(C)c1ccc(OCC(=O)O[C@H](C)C(=O)NC(C)(C)C)cc1. The fourth-order valence-electron chi connectivity index (χ4n) is 1.85. The highest BCUT2D eigenvalue weighted by Gasteiger charge is 2.22. The zero-order chi connectivity index (χ0) is 17.6. The zero-order valence-electron chi connectivity index (χ0n) is 14.8. The molecule has 1 atom stereocenters. The van der Waals surface area contributed by atoms with Gasteiger partial charge in [0.2, 0.25) is 0 Å². The summed E-state index contributed by atoms with van der Waals surface area (Å²) in [5.74, 6) is 0.135. The van der Waals surface area contributed by atoms with Crippen LogP contribution in [0.25, 0.3) is 0 Å². The topological polar surface area (TPSA) is 64.6 Å². The third kappa shape index (κ3) is 7.17. The maximum atomic E-state index is 11.8. The molecule has 1 amide bonds. The van der Waals surface area contributed by atoms with Crippen LogP contribution in [0.1, 0.15) is 53.0 Å². The second kappa shape index (κ2) is 7.99. The highest BCUT2D eigenvalue weighted by Crippen LogP contribution is 2.18. The summed E-state index contributed by atoms with van der Waals surface area (Å²) in [4.78, 5) is 23.6. The molecule has 0 radical (unpaired) electrons. The predicted octanol–water partition coefficient (Wildman–Crippen LogP) is 3.04. The number of hydrogen-bond acceptors (Lipinski definition) is 4. The van der Waals surface area contributed by atoms with Gasteiger partial charge in [0.1, 0.15) is 5.75 Å². The van der Waals surface area contributed by atoms with Crippen LogP contribution in [0.2, 0.25) is 0 Å². The molecular weight excluding hydrogens is 294 g/mol. The van der Waals surface area contributed by atoms with E-state index in [1.165, 1.54) is 12.5 Å². The molecule has 0 aromatic heterocycles. The molecule has 1 aromatic carbocycles. The molecule has 0 saturated carbocycles. The third-order valence-corrected chi connectivity index (χ3v) is 3.08. The minimum absolute atomic E-state index is 0.228. The molecule has 0 unspecified atom stereocenters. The fourth-order valence-corrected chi connectivity index (χ4v) is 1.85. The van der Waals surface area contributed by atoms with E-state index in [1.807, 2.05) is 45.0 Å². The average Bonchev–Trinajstić information content (AvgIpc) is 2.43. The molecule has 0 aliphatic rings. The Morgan fingerprint density at radius 2 is 1.65 bits per heavy atom. The first kappa shape index (κ1) is 19.0. The standard InChI is InChI=1S/C18H27NO4/c1-12(2)14-7-9-15(10-8-14)22-11-16(20)23-13(3)17(21)19-18(4,5)6/h7-10,12-13H,11H2,1-6H3,(H,19,21)/t13-/m1/s1. The van der Waals surface area contributed by atoms with Crippen molar-refractivity contribution in [3.05, 3.63) is 29.8 Å². The number of carbonyl (C=O) groups excluding carboxylic acids is 2. The van der Waals surface area contributed by atoms with Crippen LogP contribution in [-0.4, -0.2) is 30.1 Å². The number of ether oxygens (including phenoxy) is 2. The Labute approximate surface area is 138 Å². The van der Waals surface area contributed by atoms with Crippen LogP contribution in [0, 0.1) is 0 Å². The van der Waals surface area contributed by atoms with Crippen LogP contribution in [0.15, 0.2) is 24.3 Å². The van der Waals surface area contributed by atoms with Crippen LogP contribution >= 0.6 is 0 Å². The van der Waals surface area contributed by atoms with Crippen LogP contribution in [0.3, 0.4) is 0 Å². The molecule has 0 bridgehead atoms. The van der Waals surface area contributed by atoms with Gasteiger partial charge < -0.3 is 14.8 Å². The van der Waals surface area contributed by atoms with Crippen LogP contribution in [0.4, 0.5) is 0 Å². The highest BCUT2D eigenvalue weighted by atomic mass is 16.6. The summed E-state index contributed by atoms with van der Waals surface area (Å²) in [6.07, 6.45) is -0.853. The third-order valence-electron chi connectivity index (χ3n) is 3.08. The van der Waals surface area contributed by atoms with Gasteiger partial charge in [-0.3, -0.25) is 4.79 Å². The van der Waals surface area contributed by atoms with Crippen molar-refractivity contribution in [2.75, 3.05) is 6.61 Å². The van der Waals surface area contributed by atoms with E-state index in [-0.39, 0.29) is 18.1 Å². The largest absolute Gasteiger partial charge is 0.482 e. The number of rotatable bonds is 6. The minimum Gasteiger partial charge on any atom is -0.482 e. The van der Waals surface area contributed by atoms with Crippen LogP contribution in [-0.2, 0) is 14.3 Å². The summed E-state index contributed by atoms with van der Waals surface area (Å²) in [5, 5.41) is 2.76. The molecule has 0 fully saturated rings. The normalized spacial score (nSPS) is 12.7. The Balaban J connectivity index is 2.43. The number of hydrogen-bond donors (Lipinski definition) is 1. The first-order chi connectivity index (χ1) is 10.6. The van der Waals surface area contributed by atoms with E-state index >= 15 is 0 Å². The maximum absolute atomic E-state index is 11.8. The van der Waals surface area contributed by atoms with Gasteiger partial charge in [0, 0.05) is 5.54 Å². The molecular formula is C18H27NO4. The van der Waals surface area contributed by atoms with Gasteiger partial charge in [-0.15, -0.1) is 0 Å². The quantitative estimate of drug-likeness (QED) is 0.818. The van der Waals surface area contributed by atoms with Crippen molar-refractivity contribution in [1.82, 2.24) is 5.32 Å². The molecule has 0 aliphatic carbocycles. The molecule has 0 aliphatic heterocycles. The van der Waals surface area contributed by atoms with Gasteiger partial charge in [-0.1, -0.05) is 26.0 Å². The molecule has 0 saturated heterocycles. The molecule has 0 heterocycles. The molecule has 1 aromatic rings. The van der Waals surface area contributed by atoms with Crippen molar-refractivity contribution in [3.8, 4) is 5.75 Å². The lowest BCUT2D eigenvalue weighted by Gasteiger charge is -2.23. The van der Waals surface area contributed by atoms with Gasteiger partial charge in [0.05, 0.1) is 0 Å². The molecule has 1 N–H and O–H groups in total. The van der Waals surface area contributed by atoms with Crippen LogP contribution < -0.4 is 10.1 Å². The van der Waals surface area contributed by atoms with E-state index in [0.717, 1.165) is 0 Å². The second-order valence-electron chi connectivity index (χ2n) is 6.88. The average molecular weight is 321 g/mol. The molecule has 128 valence electrons. The van der Waals surface area contributed by atoms with E-state index in [1.54, 1.807) is 0 Å². The number of carbonyl (C=O) groups is 2. The smallest absolute Gasteiger partial charge is 0.344 e. The lowest BCUT2D eigenvalue weighted by molar-refractivity contribution is -0.157. The Hall–Kier alpha value is -2.04. The van der Waals surface area contributed by atoms with E-state index < -0.39 is 12.1 Å². The summed E-state index contributed by atoms with van der Waals surface area (Å²) in [6.45, 7) is 11.1. The summed E-state index contributed by atoms with van der Waals surface area (Å²) >= 11 is 0. The fraction of sp³-hybridized carbons (Fsp3) is 0.556. The van der Waals surface area contributed by atoms with E-state index in [4.69, 9.17) is 9.47 Å². The second-order valence-corrected chi connectivity index (χ2v) is 6.88. The Morgan fingerprint density at radius 3 is 2.13 bits per heavy atom. The first-order valence-corrected chi connectivity index (χ1v) is 7.83. The van der Waals surface area contributed by atoms with Gasteiger partial charge in [-0.05, 0) is 51.3 Å². The first-order valence-electron chi connectivity index (χ1n) is 7.83. The van der Waals surface area contributed by atoms with Crippen molar-refractivity contribution in [3.63, 3.8) is 0 Å². The lowest BCUT2D eigenvalue weighted by Crippen LogP contribution is -2.46. The summed E-state index contributed by atoms with van der Waals surface area (Å²) in [6, 6.07) is 7.56. The summed E-state index contributed by atoms with van der Waals surface area (Å²) in [7, 11) is 0. The van der Waals surface area contributed by atoms with E-state index in [9.17, 15) is 9.59 Å². The minimum atomic E-state index is -0.853. The summed E-state index contributed by atoms with van der Waals surface area (Å²) in [5.41, 5.74) is 0.833. The molecule has 5 heteroatoms. The Kier molecular flexibility index (Phi) is 6.61. The lowest BCUT2D eigenvalue weighted by atomic mass is 10.0. The van der Waals surface area contributed by atoms with E-state index in [0.29, 0.717) is 11.7 Å². The maximum Gasteiger partial charge on any atom is 0.344 e. The van der Waals surface area contributed by atoms with Crippen molar-refractivity contribution in [2.24, 2.45) is 0 Å². The predicted molar refractivity (Wildman–Crippen MR) is 89.5 cm³/mol. The monoisotopic (exact) mass is 321 g/mol. The van der Waals surface area contributed by atoms with Crippen molar-refractivity contribution < 1.29 is 19.1 Å². The molecule has 0 spiro atoms. The molecule has 5 nitrogen and oxygen atoms in total. The summed E-state index contributed by atoms with van der Waals surface area (Å²) < 4.78 is 10.4. The zero-order valence-corrected chi connectivity index (χ0v) is 14.8. The van der Waals surface area contributed by atoms with Gasteiger partial charge in [0.15, 0.2) is 12.7 Å². The van der Waals surface area contributed by atoms with Crippen molar-refractivity contribution in [2.45, 2.75) is 59.1 Å². The number of benzene rings is 1.